The average molecular weight is 486 g/mol. The second-order valence-electron chi connectivity index (χ2n) is 10.6. The van der Waals surface area contributed by atoms with E-state index in [2.05, 4.69) is 23.8 Å². The van der Waals surface area contributed by atoms with Crippen molar-refractivity contribution >= 4 is 11.9 Å². The Morgan fingerprint density at radius 3 is 2.89 bits per heavy atom. The van der Waals surface area contributed by atoms with E-state index in [-0.39, 0.29) is 36.5 Å². The number of aromatic nitrogens is 3. The van der Waals surface area contributed by atoms with Gasteiger partial charge in [0.25, 0.3) is 0 Å². The fourth-order valence-electron chi connectivity index (χ4n) is 6.03. The first-order chi connectivity index (χ1) is 16.8. The minimum atomic E-state index is -0.676. The van der Waals surface area contributed by atoms with Crippen molar-refractivity contribution in [1.82, 2.24) is 15.0 Å². The number of hydrogen-bond acceptors (Lipinski definition) is 7. The van der Waals surface area contributed by atoms with E-state index in [1.54, 1.807) is 0 Å². The highest BCUT2D eigenvalue weighted by molar-refractivity contribution is 5.91. The van der Waals surface area contributed by atoms with Gasteiger partial charge in [-0.1, -0.05) is 35.8 Å². The highest BCUT2D eigenvalue weighted by Crippen LogP contribution is 2.53. The standard InChI is InChI=1S/C27H39N3O5/c1-18-11-12-22-19(2)26(33)34-25(22)24-21(18)13-14-27(24,3)35-23(32)10-8-9-20-17-30(29-28-20)15-6-4-5-7-16-31/h17,22,24-25,31H,2,4-16H2,1,3H3/t22-,24-,25-,27+/m0/s1. The molecule has 0 amide bonds. The van der Waals surface area contributed by atoms with Crippen LogP contribution in [0.1, 0.15) is 83.7 Å². The average Bonchev–Trinajstić information content (AvgIpc) is 3.45. The number of rotatable bonds is 11. The Hall–Kier alpha value is -2.48. The van der Waals surface area contributed by atoms with E-state index in [0.717, 1.165) is 63.6 Å². The number of carbonyl (C=O) groups is 2. The van der Waals surface area contributed by atoms with E-state index in [0.29, 0.717) is 24.8 Å². The number of hydrogen-bond donors (Lipinski definition) is 1. The monoisotopic (exact) mass is 485 g/mol. The number of fused-ring (bicyclic) bond motifs is 3. The normalized spacial score (nSPS) is 28.0. The second-order valence-corrected chi connectivity index (χ2v) is 10.6. The van der Waals surface area contributed by atoms with Crippen molar-refractivity contribution in [2.24, 2.45) is 11.8 Å². The molecule has 8 heteroatoms. The van der Waals surface area contributed by atoms with Gasteiger partial charge >= 0.3 is 11.9 Å². The molecular formula is C27H39N3O5. The van der Waals surface area contributed by atoms with Crippen LogP contribution in [-0.2, 0) is 32.0 Å². The lowest BCUT2D eigenvalue weighted by molar-refractivity contribution is -0.167. The molecule has 2 aliphatic carbocycles. The van der Waals surface area contributed by atoms with Crippen LogP contribution in [0, 0.1) is 11.8 Å². The zero-order valence-electron chi connectivity index (χ0n) is 21.1. The maximum absolute atomic E-state index is 12.9. The van der Waals surface area contributed by atoms with E-state index in [1.165, 1.54) is 11.1 Å². The van der Waals surface area contributed by atoms with Gasteiger partial charge in [0.1, 0.15) is 11.7 Å². The van der Waals surface area contributed by atoms with Gasteiger partial charge in [0.05, 0.1) is 11.6 Å². The predicted molar refractivity (Wildman–Crippen MR) is 130 cm³/mol. The van der Waals surface area contributed by atoms with Gasteiger partial charge in [0, 0.05) is 37.3 Å². The molecule has 1 saturated carbocycles. The van der Waals surface area contributed by atoms with E-state index >= 15 is 0 Å². The molecule has 0 bridgehead atoms. The summed E-state index contributed by atoms with van der Waals surface area (Å²) in [5, 5.41) is 17.2. The summed E-state index contributed by atoms with van der Waals surface area (Å²) in [7, 11) is 0. The Kier molecular flexibility index (Phi) is 8.09. The van der Waals surface area contributed by atoms with Crippen molar-refractivity contribution in [3.63, 3.8) is 0 Å². The fourth-order valence-corrected chi connectivity index (χ4v) is 6.03. The Morgan fingerprint density at radius 2 is 2.09 bits per heavy atom. The quantitative estimate of drug-likeness (QED) is 0.218. The maximum atomic E-state index is 12.9. The fraction of sp³-hybridized carbons (Fsp3) is 0.704. The van der Waals surface area contributed by atoms with Crippen LogP contribution in [0.2, 0.25) is 0 Å². The maximum Gasteiger partial charge on any atom is 0.334 e. The summed E-state index contributed by atoms with van der Waals surface area (Å²) in [5.41, 5.74) is 3.39. The number of aryl methyl sites for hydroxylation is 2. The summed E-state index contributed by atoms with van der Waals surface area (Å²) in [6.45, 7) is 9.20. The number of unbranched alkanes of at least 4 members (excludes halogenated alkanes) is 3. The van der Waals surface area contributed by atoms with Crippen molar-refractivity contribution in [2.45, 2.75) is 103 Å². The van der Waals surface area contributed by atoms with Crippen molar-refractivity contribution in [1.29, 1.82) is 0 Å². The highest BCUT2D eigenvalue weighted by atomic mass is 16.6. The lowest BCUT2D eigenvalue weighted by atomic mass is 9.79. The van der Waals surface area contributed by atoms with Crippen LogP contribution < -0.4 is 0 Å². The molecule has 2 heterocycles. The molecule has 1 aromatic heterocycles. The van der Waals surface area contributed by atoms with Crippen molar-refractivity contribution < 1.29 is 24.2 Å². The van der Waals surface area contributed by atoms with Gasteiger partial charge in [-0.2, -0.15) is 0 Å². The predicted octanol–water partition coefficient (Wildman–Crippen LogP) is 4.07. The van der Waals surface area contributed by atoms with Gasteiger partial charge in [-0.15, -0.1) is 5.10 Å². The summed E-state index contributed by atoms with van der Waals surface area (Å²) in [6, 6.07) is 0. The lowest BCUT2D eigenvalue weighted by Crippen LogP contribution is -2.44. The van der Waals surface area contributed by atoms with Crippen LogP contribution in [0.25, 0.3) is 0 Å². The van der Waals surface area contributed by atoms with E-state index in [4.69, 9.17) is 14.6 Å². The van der Waals surface area contributed by atoms with Gasteiger partial charge < -0.3 is 14.6 Å². The number of nitrogens with zero attached hydrogens (tertiary/aromatic N) is 3. The van der Waals surface area contributed by atoms with Gasteiger partial charge in [-0.3, -0.25) is 9.48 Å². The van der Waals surface area contributed by atoms with E-state index < -0.39 is 5.60 Å². The summed E-state index contributed by atoms with van der Waals surface area (Å²) in [6.07, 6.45) is 10.6. The molecule has 0 unspecified atom stereocenters. The topological polar surface area (TPSA) is 104 Å². The summed E-state index contributed by atoms with van der Waals surface area (Å²) >= 11 is 0. The third-order valence-corrected chi connectivity index (χ3v) is 8.02. The van der Waals surface area contributed by atoms with Gasteiger partial charge in [-0.05, 0) is 65.2 Å². The molecule has 0 spiro atoms. The molecule has 0 radical (unpaired) electrons. The Bertz CT molecular complexity index is 983. The molecule has 0 aromatic carbocycles. The molecule has 35 heavy (non-hydrogen) atoms. The molecule has 192 valence electrons. The summed E-state index contributed by atoms with van der Waals surface area (Å²) < 4.78 is 13.8. The van der Waals surface area contributed by atoms with Gasteiger partial charge in [-0.25, -0.2) is 4.79 Å². The van der Waals surface area contributed by atoms with Crippen LogP contribution in [0.3, 0.4) is 0 Å². The molecular weight excluding hydrogens is 446 g/mol. The molecule has 1 saturated heterocycles. The van der Waals surface area contributed by atoms with E-state index in [1.807, 2.05) is 17.8 Å². The van der Waals surface area contributed by atoms with E-state index in [9.17, 15) is 9.59 Å². The Balaban J connectivity index is 1.29. The smallest absolute Gasteiger partial charge is 0.334 e. The Morgan fingerprint density at radius 1 is 1.29 bits per heavy atom. The van der Waals surface area contributed by atoms with Crippen molar-refractivity contribution in [3.8, 4) is 0 Å². The molecule has 4 atom stereocenters. The molecule has 1 N–H and O–H groups in total. The number of aliphatic hydroxyl groups excluding tert-OH is 1. The summed E-state index contributed by atoms with van der Waals surface area (Å²) in [4.78, 5) is 25.1. The largest absolute Gasteiger partial charge is 0.459 e. The Labute approximate surface area is 207 Å². The minimum absolute atomic E-state index is 0.00614. The third-order valence-electron chi connectivity index (χ3n) is 8.02. The molecule has 1 aromatic rings. The minimum Gasteiger partial charge on any atom is -0.459 e. The first-order valence-corrected chi connectivity index (χ1v) is 13.1. The SMILES string of the molecule is C=C1C(=O)O[C@H]2[C@H]1CCC(C)=C1CC[C@@](C)(OC(=O)CCCc3cn(CCCCCCO)nn3)[C@@H]12. The molecule has 8 nitrogen and oxygen atoms in total. The summed E-state index contributed by atoms with van der Waals surface area (Å²) in [5.74, 6) is -0.628. The van der Waals surface area contributed by atoms with Crippen molar-refractivity contribution in [2.75, 3.05) is 6.61 Å². The van der Waals surface area contributed by atoms with Gasteiger partial charge in [0.2, 0.25) is 0 Å². The number of allylic oxidation sites excluding steroid dienone is 1. The van der Waals surface area contributed by atoms with Crippen LogP contribution in [0.5, 0.6) is 0 Å². The van der Waals surface area contributed by atoms with Crippen LogP contribution in [0.15, 0.2) is 29.5 Å². The third kappa shape index (κ3) is 5.68. The molecule has 4 rings (SSSR count). The number of aliphatic hydroxyl groups is 1. The molecule has 2 fully saturated rings. The van der Waals surface area contributed by atoms with Gasteiger partial charge in [0.15, 0.2) is 0 Å². The zero-order valence-corrected chi connectivity index (χ0v) is 21.1. The first-order valence-electron chi connectivity index (χ1n) is 13.1. The van der Waals surface area contributed by atoms with Crippen LogP contribution in [0.4, 0.5) is 0 Å². The highest BCUT2D eigenvalue weighted by Gasteiger charge is 2.56. The number of ether oxygens (including phenoxy) is 2. The molecule has 3 aliphatic rings. The molecule has 1 aliphatic heterocycles. The number of carbonyl (C=O) groups excluding carboxylic acids is 2. The van der Waals surface area contributed by atoms with Crippen LogP contribution >= 0.6 is 0 Å². The zero-order chi connectivity index (χ0) is 25.0. The first kappa shape index (κ1) is 25.6. The lowest BCUT2D eigenvalue weighted by Gasteiger charge is -2.36. The second kappa shape index (κ2) is 11.1. The number of esters is 2. The van der Waals surface area contributed by atoms with Crippen molar-refractivity contribution in [3.05, 3.63) is 35.2 Å². The van der Waals surface area contributed by atoms with Crippen LogP contribution in [-0.4, -0.2) is 50.4 Å².